The molecule has 116 valence electrons. The lowest BCUT2D eigenvalue weighted by Gasteiger charge is -2.34. The van der Waals surface area contributed by atoms with Gasteiger partial charge in [0.15, 0.2) is 0 Å². The molecule has 0 bridgehead atoms. The van der Waals surface area contributed by atoms with Crippen LogP contribution in [0.5, 0.6) is 0 Å². The number of nitrogens with one attached hydrogen (secondary N) is 1. The molecular formula is C14H20N2O4S. The second kappa shape index (κ2) is 6.13. The fraction of sp³-hybridized carbons (Fsp3) is 0.500. The number of benzene rings is 1. The number of nitrogens with zero attached hydrogens (tertiary/aromatic N) is 1. The van der Waals surface area contributed by atoms with E-state index >= 15 is 0 Å². The third kappa shape index (κ3) is 3.81. The van der Waals surface area contributed by atoms with E-state index in [4.69, 9.17) is 4.74 Å². The van der Waals surface area contributed by atoms with Crippen LogP contribution in [-0.4, -0.2) is 43.9 Å². The first-order valence-corrected chi connectivity index (χ1v) is 8.26. The van der Waals surface area contributed by atoms with E-state index in [2.05, 4.69) is 5.32 Å². The minimum absolute atomic E-state index is 0.123. The van der Waals surface area contributed by atoms with Gasteiger partial charge in [-0.15, -0.1) is 0 Å². The highest BCUT2D eigenvalue weighted by molar-refractivity contribution is 7.89. The van der Waals surface area contributed by atoms with Crippen molar-refractivity contribution in [2.24, 2.45) is 0 Å². The number of amides is 1. The van der Waals surface area contributed by atoms with E-state index < -0.39 is 10.0 Å². The summed E-state index contributed by atoms with van der Waals surface area (Å²) in [7, 11) is -3.53. The van der Waals surface area contributed by atoms with Crippen LogP contribution in [0.2, 0.25) is 0 Å². The zero-order chi connectivity index (χ0) is 15.6. The second-order valence-corrected chi connectivity index (χ2v) is 7.22. The van der Waals surface area contributed by atoms with Crippen molar-refractivity contribution in [1.82, 2.24) is 4.31 Å². The van der Waals surface area contributed by atoms with Crippen LogP contribution < -0.4 is 5.32 Å². The Morgan fingerprint density at radius 3 is 2.19 bits per heavy atom. The molecule has 6 nitrogen and oxygen atoms in total. The Morgan fingerprint density at radius 2 is 1.71 bits per heavy atom. The number of ether oxygens (including phenoxy) is 1. The molecule has 1 aromatic rings. The maximum Gasteiger partial charge on any atom is 0.243 e. The van der Waals surface area contributed by atoms with Crippen molar-refractivity contribution in [2.75, 3.05) is 18.4 Å². The van der Waals surface area contributed by atoms with Gasteiger partial charge in [-0.2, -0.15) is 4.31 Å². The largest absolute Gasteiger partial charge is 0.373 e. The maximum atomic E-state index is 12.6. The molecule has 1 aliphatic rings. The summed E-state index contributed by atoms with van der Waals surface area (Å²) in [5.41, 5.74) is 0.574. The van der Waals surface area contributed by atoms with Crippen LogP contribution >= 0.6 is 0 Å². The molecule has 21 heavy (non-hydrogen) atoms. The average Bonchev–Trinajstić information content (AvgIpc) is 2.37. The topological polar surface area (TPSA) is 75.7 Å². The maximum absolute atomic E-state index is 12.6. The van der Waals surface area contributed by atoms with Gasteiger partial charge >= 0.3 is 0 Å². The zero-order valence-electron chi connectivity index (χ0n) is 12.4. The summed E-state index contributed by atoms with van der Waals surface area (Å²) in [4.78, 5) is 11.2. The predicted octanol–water partition coefficient (Wildman–Crippen LogP) is 1.44. The SMILES string of the molecule is CC(=O)Nc1ccc(S(=O)(=O)N2C[C@@H](C)O[C@@H](C)C2)cc1. The minimum Gasteiger partial charge on any atom is -0.373 e. The molecule has 0 spiro atoms. The van der Waals surface area contributed by atoms with E-state index in [0.717, 1.165) is 0 Å². The third-order valence-electron chi connectivity index (χ3n) is 3.20. The molecule has 0 unspecified atom stereocenters. The molecule has 1 N–H and O–H groups in total. The molecule has 1 aromatic carbocycles. The molecule has 0 saturated carbocycles. The lowest BCUT2D eigenvalue weighted by molar-refractivity contribution is -0.114. The molecule has 1 saturated heterocycles. The van der Waals surface area contributed by atoms with Gasteiger partial charge in [-0.05, 0) is 38.1 Å². The van der Waals surface area contributed by atoms with Gasteiger partial charge in [-0.3, -0.25) is 4.79 Å². The molecule has 0 aromatic heterocycles. The van der Waals surface area contributed by atoms with Crippen LogP contribution in [0.4, 0.5) is 5.69 Å². The first-order valence-electron chi connectivity index (χ1n) is 6.82. The van der Waals surface area contributed by atoms with E-state index in [1.807, 2.05) is 13.8 Å². The number of carbonyl (C=O) groups excluding carboxylic acids is 1. The van der Waals surface area contributed by atoms with Crippen LogP contribution in [0.1, 0.15) is 20.8 Å². The summed E-state index contributed by atoms with van der Waals surface area (Å²) in [5, 5.41) is 2.61. The number of anilines is 1. The summed E-state index contributed by atoms with van der Waals surface area (Å²) >= 11 is 0. The van der Waals surface area contributed by atoms with Crippen LogP contribution in [0.25, 0.3) is 0 Å². The molecule has 2 rings (SSSR count). The van der Waals surface area contributed by atoms with Gasteiger partial charge in [-0.25, -0.2) is 8.42 Å². The number of morpholine rings is 1. The fourth-order valence-corrected chi connectivity index (χ4v) is 3.98. The van der Waals surface area contributed by atoms with E-state index in [-0.39, 0.29) is 23.0 Å². The second-order valence-electron chi connectivity index (χ2n) is 5.28. The summed E-state index contributed by atoms with van der Waals surface area (Å²) in [6.45, 7) is 5.82. The molecule has 2 atom stereocenters. The highest BCUT2D eigenvalue weighted by Gasteiger charge is 2.32. The number of hydrogen-bond donors (Lipinski definition) is 1. The summed E-state index contributed by atoms with van der Waals surface area (Å²) in [6.07, 6.45) is -0.246. The van der Waals surface area contributed by atoms with Crippen LogP contribution in [-0.2, 0) is 19.6 Å². The van der Waals surface area contributed by atoms with Crippen molar-refractivity contribution in [3.63, 3.8) is 0 Å². The van der Waals surface area contributed by atoms with E-state index in [1.54, 1.807) is 12.1 Å². The normalized spacial score (nSPS) is 23.8. The quantitative estimate of drug-likeness (QED) is 0.916. The number of rotatable bonds is 3. The Morgan fingerprint density at radius 1 is 1.19 bits per heavy atom. The molecule has 0 radical (unpaired) electrons. The first kappa shape index (κ1) is 15.9. The van der Waals surface area contributed by atoms with Gasteiger partial charge in [0.2, 0.25) is 15.9 Å². The minimum atomic E-state index is -3.53. The van der Waals surface area contributed by atoms with Gasteiger partial charge in [0.25, 0.3) is 0 Å². The van der Waals surface area contributed by atoms with E-state index in [9.17, 15) is 13.2 Å². The molecule has 1 aliphatic heterocycles. The van der Waals surface area contributed by atoms with Crippen molar-refractivity contribution in [3.8, 4) is 0 Å². The van der Waals surface area contributed by atoms with Gasteiger partial charge in [-0.1, -0.05) is 0 Å². The average molecular weight is 312 g/mol. The van der Waals surface area contributed by atoms with Crippen molar-refractivity contribution in [3.05, 3.63) is 24.3 Å². The molecule has 0 aliphatic carbocycles. The summed E-state index contributed by atoms with van der Waals surface area (Å²) in [6, 6.07) is 6.18. The third-order valence-corrected chi connectivity index (χ3v) is 5.04. The number of sulfonamides is 1. The lowest BCUT2D eigenvalue weighted by atomic mass is 10.3. The van der Waals surface area contributed by atoms with Gasteiger partial charge in [0, 0.05) is 25.7 Å². The highest BCUT2D eigenvalue weighted by atomic mass is 32.2. The van der Waals surface area contributed by atoms with Crippen LogP contribution in [0.15, 0.2) is 29.2 Å². The summed E-state index contributed by atoms with van der Waals surface area (Å²) < 4.78 is 32.2. The Balaban J connectivity index is 2.21. The lowest BCUT2D eigenvalue weighted by Crippen LogP contribution is -2.48. The van der Waals surface area contributed by atoms with Crippen molar-refractivity contribution >= 4 is 21.6 Å². The molecule has 1 amide bonds. The molecule has 7 heteroatoms. The van der Waals surface area contributed by atoms with Gasteiger partial charge in [0.05, 0.1) is 17.1 Å². The monoisotopic (exact) mass is 312 g/mol. The van der Waals surface area contributed by atoms with Crippen molar-refractivity contribution < 1.29 is 17.9 Å². The van der Waals surface area contributed by atoms with Gasteiger partial charge in [0.1, 0.15) is 0 Å². The van der Waals surface area contributed by atoms with Crippen molar-refractivity contribution in [2.45, 2.75) is 37.9 Å². The Kier molecular flexibility index (Phi) is 4.65. The van der Waals surface area contributed by atoms with Crippen molar-refractivity contribution in [1.29, 1.82) is 0 Å². The predicted molar refractivity (Wildman–Crippen MR) is 79.5 cm³/mol. The first-order chi connectivity index (χ1) is 9.79. The van der Waals surface area contributed by atoms with E-state index in [1.165, 1.54) is 23.4 Å². The Labute approximate surface area is 125 Å². The van der Waals surface area contributed by atoms with E-state index in [0.29, 0.717) is 18.8 Å². The standard InChI is InChI=1S/C14H20N2O4S/c1-10-8-16(9-11(2)20-10)21(18,19)14-6-4-13(5-7-14)15-12(3)17/h4-7,10-11H,8-9H2,1-3H3,(H,15,17)/t10-,11+. The van der Waals surface area contributed by atoms with Gasteiger partial charge < -0.3 is 10.1 Å². The molecular weight excluding hydrogens is 292 g/mol. The number of hydrogen-bond acceptors (Lipinski definition) is 4. The zero-order valence-corrected chi connectivity index (χ0v) is 13.2. The Hall–Kier alpha value is -1.44. The Bertz CT molecular complexity index is 602. The molecule has 1 fully saturated rings. The molecule has 1 heterocycles. The van der Waals surface area contributed by atoms with Crippen LogP contribution in [0, 0.1) is 0 Å². The highest BCUT2D eigenvalue weighted by Crippen LogP contribution is 2.22. The fourth-order valence-electron chi connectivity index (χ4n) is 2.39. The number of carbonyl (C=O) groups is 1. The summed E-state index contributed by atoms with van der Waals surface area (Å²) in [5.74, 6) is -0.193. The smallest absolute Gasteiger partial charge is 0.243 e. The van der Waals surface area contributed by atoms with Crippen LogP contribution in [0.3, 0.4) is 0 Å².